The highest BCUT2D eigenvalue weighted by Gasteiger charge is 2.14. The molecule has 0 fully saturated rings. The lowest BCUT2D eigenvalue weighted by Gasteiger charge is -2.07. The second kappa shape index (κ2) is 17.8. The van der Waals surface area contributed by atoms with Crippen molar-refractivity contribution in [1.29, 1.82) is 0 Å². The monoisotopic (exact) mass is 344 g/mol. The number of hydrogen-bond donors (Lipinski definition) is 0. The van der Waals surface area contributed by atoms with Gasteiger partial charge in [0.1, 0.15) is 5.38 Å². The van der Waals surface area contributed by atoms with Crippen LogP contribution in [0.3, 0.4) is 0 Å². The Morgan fingerprint density at radius 2 is 1.26 bits per heavy atom. The van der Waals surface area contributed by atoms with Crippen LogP contribution in [0.1, 0.15) is 103 Å². The lowest BCUT2D eigenvalue weighted by molar-refractivity contribution is -0.137. The summed E-state index contributed by atoms with van der Waals surface area (Å²) in [6.45, 7) is 5.62. The second-order valence-electron chi connectivity index (χ2n) is 6.46. The Kier molecular flexibility index (Phi) is 17.5. The van der Waals surface area contributed by atoms with E-state index in [9.17, 15) is 4.79 Å². The predicted molar refractivity (Wildman–Crippen MR) is 101 cm³/mol. The maximum Gasteiger partial charge on any atom is 0.328 e. The Hall–Kier alpha value is -0.500. The van der Waals surface area contributed by atoms with Crippen LogP contribution in [0.4, 0.5) is 0 Å². The standard InChI is InChI=1S/C20H37ClO2/c1-3-5-6-7-8-9-10-11-12-13-14-15-16-17-18-19(21)20(22)23-4-2/h4,19H,2-3,5-18H2,1H3. The summed E-state index contributed by atoms with van der Waals surface area (Å²) < 4.78 is 4.67. The molecule has 0 rings (SSSR count). The largest absolute Gasteiger partial charge is 0.434 e. The van der Waals surface area contributed by atoms with Crippen LogP contribution in [0.25, 0.3) is 0 Å². The van der Waals surface area contributed by atoms with Gasteiger partial charge in [0.25, 0.3) is 0 Å². The topological polar surface area (TPSA) is 26.3 Å². The summed E-state index contributed by atoms with van der Waals surface area (Å²) in [7, 11) is 0. The molecule has 0 aliphatic heterocycles. The van der Waals surface area contributed by atoms with Crippen molar-refractivity contribution in [2.75, 3.05) is 0 Å². The minimum atomic E-state index is -0.523. The number of esters is 1. The van der Waals surface area contributed by atoms with Gasteiger partial charge in [0.15, 0.2) is 0 Å². The molecule has 136 valence electrons. The quantitative estimate of drug-likeness (QED) is 0.121. The molecule has 0 radical (unpaired) electrons. The third-order valence-corrected chi connectivity index (χ3v) is 4.66. The van der Waals surface area contributed by atoms with Crippen molar-refractivity contribution < 1.29 is 9.53 Å². The van der Waals surface area contributed by atoms with Crippen LogP contribution in [-0.4, -0.2) is 11.3 Å². The molecule has 1 atom stereocenters. The first-order valence-electron chi connectivity index (χ1n) is 9.67. The van der Waals surface area contributed by atoms with Crippen LogP contribution in [0, 0.1) is 0 Å². The molecule has 0 heterocycles. The van der Waals surface area contributed by atoms with Crippen molar-refractivity contribution >= 4 is 17.6 Å². The number of rotatable bonds is 17. The molecule has 0 saturated heterocycles. The van der Waals surface area contributed by atoms with Gasteiger partial charge in [-0.2, -0.15) is 0 Å². The Morgan fingerprint density at radius 3 is 1.65 bits per heavy atom. The van der Waals surface area contributed by atoms with E-state index in [0.29, 0.717) is 6.42 Å². The molecule has 0 aromatic heterocycles. The van der Waals surface area contributed by atoms with Crippen LogP contribution >= 0.6 is 11.6 Å². The maximum absolute atomic E-state index is 11.3. The fourth-order valence-corrected chi connectivity index (χ4v) is 3.00. The van der Waals surface area contributed by atoms with Crippen LogP contribution < -0.4 is 0 Å². The molecule has 0 aliphatic carbocycles. The van der Waals surface area contributed by atoms with Crippen molar-refractivity contribution in [3.8, 4) is 0 Å². The minimum Gasteiger partial charge on any atom is -0.434 e. The number of halogens is 1. The molecular weight excluding hydrogens is 308 g/mol. The summed E-state index contributed by atoms with van der Waals surface area (Å²) in [4.78, 5) is 11.3. The Morgan fingerprint density at radius 1 is 0.870 bits per heavy atom. The summed E-state index contributed by atoms with van der Waals surface area (Å²) in [5.41, 5.74) is 0. The Balaban J connectivity index is 3.16. The smallest absolute Gasteiger partial charge is 0.328 e. The van der Waals surface area contributed by atoms with Crippen LogP contribution in [0.5, 0.6) is 0 Å². The van der Waals surface area contributed by atoms with Crippen LogP contribution in [0.2, 0.25) is 0 Å². The van der Waals surface area contributed by atoms with Gasteiger partial charge in [-0.3, -0.25) is 4.79 Å². The maximum atomic E-state index is 11.3. The number of carbonyl (C=O) groups is 1. The highest BCUT2D eigenvalue weighted by Crippen LogP contribution is 2.15. The van der Waals surface area contributed by atoms with E-state index in [1.807, 2.05) is 0 Å². The number of hydrogen-bond acceptors (Lipinski definition) is 2. The number of unbranched alkanes of at least 4 members (excludes halogenated alkanes) is 13. The van der Waals surface area contributed by atoms with Gasteiger partial charge in [-0.15, -0.1) is 11.6 Å². The third-order valence-electron chi connectivity index (χ3n) is 4.27. The van der Waals surface area contributed by atoms with E-state index in [-0.39, 0.29) is 5.97 Å². The van der Waals surface area contributed by atoms with Crippen LogP contribution in [-0.2, 0) is 9.53 Å². The predicted octanol–water partition coefficient (Wildman–Crippen LogP) is 7.15. The summed E-state index contributed by atoms with van der Waals surface area (Å²) in [5, 5.41) is -0.523. The molecule has 2 nitrogen and oxygen atoms in total. The molecule has 0 aliphatic rings. The van der Waals surface area contributed by atoms with Crippen molar-refractivity contribution in [3.05, 3.63) is 12.8 Å². The molecule has 23 heavy (non-hydrogen) atoms. The molecule has 0 aromatic rings. The molecular formula is C20H37ClO2. The Bertz CT molecular complexity index is 279. The van der Waals surface area contributed by atoms with Gasteiger partial charge in [0.05, 0.1) is 6.26 Å². The molecule has 0 bridgehead atoms. The molecule has 3 heteroatoms. The fourth-order valence-electron chi connectivity index (χ4n) is 2.79. The lowest BCUT2D eigenvalue weighted by Crippen LogP contribution is -2.15. The van der Waals surface area contributed by atoms with E-state index in [1.54, 1.807) is 0 Å². The molecule has 0 saturated carbocycles. The highest BCUT2D eigenvalue weighted by molar-refractivity contribution is 6.29. The Labute approximate surface area is 149 Å². The molecule has 0 spiro atoms. The zero-order chi connectivity index (χ0) is 17.2. The van der Waals surface area contributed by atoms with Gasteiger partial charge >= 0.3 is 5.97 Å². The first-order valence-corrected chi connectivity index (χ1v) is 10.1. The van der Waals surface area contributed by atoms with E-state index in [4.69, 9.17) is 11.6 Å². The first kappa shape index (κ1) is 22.5. The summed E-state index contributed by atoms with van der Waals surface area (Å²) >= 11 is 5.94. The SMILES string of the molecule is C=COC(=O)C(Cl)CCCCCCCCCCCCCCCC. The first-order chi connectivity index (χ1) is 11.2. The van der Waals surface area contributed by atoms with E-state index >= 15 is 0 Å². The average molecular weight is 345 g/mol. The van der Waals surface area contributed by atoms with E-state index in [2.05, 4.69) is 18.2 Å². The molecule has 0 N–H and O–H groups in total. The summed E-state index contributed by atoms with van der Waals surface area (Å²) in [6, 6.07) is 0. The van der Waals surface area contributed by atoms with Gasteiger partial charge in [-0.25, -0.2) is 0 Å². The van der Waals surface area contributed by atoms with Crippen molar-refractivity contribution in [1.82, 2.24) is 0 Å². The van der Waals surface area contributed by atoms with E-state index in [1.165, 1.54) is 77.0 Å². The number of ether oxygens (including phenoxy) is 1. The fraction of sp³-hybridized carbons (Fsp3) is 0.850. The zero-order valence-corrected chi connectivity index (χ0v) is 15.9. The van der Waals surface area contributed by atoms with Gasteiger partial charge in [-0.1, -0.05) is 103 Å². The summed E-state index contributed by atoms with van der Waals surface area (Å²) in [5.74, 6) is -0.378. The number of carbonyl (C=O) groups excluding carboxylic acids is 1. The molecule has 0 aromatic carbocycles. The van der Waals surface area contributed by atoms with Crippen molar-refractivity contribution in [2.45, 2.75) is 109 Å². The zero-order valence-electron chi connectivity index (χ0n) is 15.2. The highest BCUT2D eigenvalue weighted by atomic mass is 35.5. The van der Waals surface area contributed by atoms with Crippen molar-refractivity contribution in [3.63, 3.8) is 0 Å². The van der Waals surface area contributed by atoms with Gasteiger partial charge in [0.2, 0.25) is 0 Å². The summed E-state index contributed by atoms with van der Waals surface area (Å²) in [6.07, 6.45) is 20.5. The molecule has 1 unspecified atom stereocenters. The van der Waals surface area contributed by atoms with Crippen LogP contribution in [0.15, 0.2) is 12.8 Å². The van der Waals surface area contributed by atoms with Gasteiger partial charge in [0, 0.05) is 0 Å². The van der Waals surface area contributed by atoms with E-state index < -0.39 is 5.38 Å². The normalized spacial score (nSPS) is 12.1. The lowest BCUT2D eigenvalue weighted by atomic mass is 10.0. The average Bonchev–Trinajstić information content (AvgIpc) is 2.55. The second-order valence-corrected chi connectivity index (χ2v) is 6.98. The molecule has 0 amide bonds. The third kappa shape index (κ3) is 16.1. The van der Waals surface area contributed by atoms with Gasteiger partial charge in [-0.05, 0) is 6.42 Å². The number of alkyl halides is 1. The van der Waals surface area contributed by atoms with Crippen molar-refractivity contribution in [2.24, 2.45) is 0 Å². The minimum absolute atomic E-state index is 0.378. The van der Waals surface area contributed by atoms with Gasteiger partial charge < -0.3 is 4.74 Å². The van der Waals surface area contributed by atoms with E-state index in [0.717, 1.165) is 19.1 Å².